The van der Waals surface area contributed by atoms with Gasteiger partial charge in [-0.2, -0.15) is 5.10 Å². The summed E-state index contributed by atoms with van der Waals surface area (Å²) in [4.78, 5) is 14.8. The summed E-state index contributed by atoms with van der Waals surface area (Å²) in [7, 11) is 3.70. The molecule has 2 heterocycles. The number of benzene rings is 2. The van der Waals surface area contributed by atoms with Gasteiger partial charge in [0.05, 0.1) is 13.3 Å². The molecule has 7 heteroatoms. The molecule has 0 radical (unpaired) electrons. The highest BCUT2D eigenvalue weighted by molar-refractivity contribution is 9.10. The molecule has 1 N–H and O–H groups in total. The lowest BCUT2D eigenvalue weighted by Gasteiger charge is -2.45. The van der Waals surface area contributed by atoms with E-state index in [9.17, 15) is 4.79 Å². The highest BCUT2D eigenvalue weighted by Gasteiger charge is 2.33. The molecule has 0 fully saturated rings. The van der Waals surface area contributed by atoms with E-state index in [0.29, 0.717) is 17.3 Å². The van der Waals surface area contributed by atoms with Gasteiger partial charge in [0.15, 0.2) is 17.1 Å². The third-order valence-electron chi connectivity index (χ3n) is 6.03. The van der Waals surface area contributed by atoms with Crippen LogP contribution in [0.1, 0.15) is 54.8 Å². The number of amides is 1. The number of nitrogens with zero attached hydrogens (tertiary/aromatic N) is 2. The number of hydrogen-bond donors (Lipinski definition) is 1. The normalized spacial score (nSPS) is 17.7. The minimum atomic E-state index is -0.418. The number of anilines is 1. The first kappa shape index (κ1) is 21.4. The van der Waals surface area contributed by atoms with Crippen molar-refractivity contribution in [1.82, 2.24) is 5.43 Å². The number of methoxy groups -OCH3 is 1. The molecule has 0 saturated heterocycles. The Bertz CT molecular complexity index is 1180. The lowest BCUT2D eigenvalue weighted by atomic mass is 9.80. The molecule has 2 aromatic carbocycles. The maximum Gasteiger partial charge on any atom is 0.307 e. The fourth-order valence-electron chi connectivity index (χ4n) is 4.25. The Morgan fingerprint density at radius 1 is 1.32 bits per heavy atom. The van der Waals surface area contributed by atoms with Gasteiger partial charge in [-0.25, -0.2) is 5.43 Å². The Kier molecular flexibility index (Phi) is 5.56. The van der Waals surface area contributed by atoms with E-state index in [1.807, 2.05) is 12.1 Å². The topological polar surface area (TPSA) is 67.1 Å². The molecule has 1 aliphatic rings. The fourth-order valence-corrected chi connectivity index (χ4v) is 4.70. The van der Waals surface area contributed by atoms with Crippen LogP contribution in [0.3, 0.4) is 0 Å². The van der Waals surface area contributed by atoms with Gasteiger partial charge >= 0.3 is 5.91 Å². The van der Waals surface area contributed by atoms with Gasteiger partial charge in [-0.3, -0.25) is 4.79 Å². The van der Waals surface area contributed by atoms with E-state index >= 15 is 0 Å². The van der Waals surface area contributed by atoms with Crippen molar-refractivity contribution in [2.45, 2.75) is 38.6 Å². The van der Waals surface area contributed by atoms with Crippen LogP contribution in [0, 0.1) is 0 Å². The minimum Gasteiger partial charge on any atom is -0.493 e. The van der Waals surface area contributed by atoms with Gasteiger partial charge in [-0.1, -0.05) is 28.9 Å². The smallest absolute Gasteiger partial charge is 0.307 e. The van der Waals surface area contributed by atoms with Crippen LogP contribution in [0.15, 0.2) is 50.4 Å². The molecule has 4 rings (SSSR count). The van der Waals surface area contributed by atoms with Gasteiger partial charge in [0.25, 0.3) is 0 Å². The van der Waals surface area contributed by atoms with Gasteiger partial charge in [0.2, 0.25) is 0 Å². The predicted molar refractivity (Wildman–Crippen MR) is 127 cm³/mol. The Balaban J connectivity index is 1.51. The fraction of sp³-hybridized carbons (Fsp3) is 0.333. The number of ether oxygens (including phenoxy) is 1. The third kappa shape index (κ3) is 4.06. The Morgan fingerprint density at radius 2 is 2.10 bits per heavy atom. The highest BCUT2D eigenvalue weighted by Crippen LogP contribution is 2.42. The maximum absolute atomic E-state index is 12.5. The zero-order valence-electron chi connectivity index (χ0n) is 18.3. The van der Waals surface area contributed by atoms with Crippen LogP contribution in [-0.2, 0) is 0 Å². The number of carbonyl (C=O) groups is 1. The van der Waals surface area contributed by atoms with E-state index in [0.717, 1.165) is 21.8 Å². The van der Waals surface area contributed by atoms with Crippen LogP contribution in [-0.4, -0.2) is 31.8 Å². The van der Waals surface area contributed by atoms with E-state index in [4.69, 9.17) is 9.15 Å². The molecule has 31 heavy (non-hydrogen) atoms. The average molecular weight is 484 g/mol. The van der Waals surface area contributed by atoms with Gasteiger partial charge in [-0.15, -0.1) is 0 Å². The van der Waals surface area contributed by atoms with E-state index in [1.54, 1.807) is 25.5 Å². The molecule has 1 aliphatic heterocycles. The second-order valence-electron chi connectivity index (χ2n) is 8.63. The zero-order valence-corrected chi connectivity index (χ0v) is 19.9. The van der Waals surface area contributed by atoms with Crippen molar-refractivity contribution in [1.29, 1.82) is 0 Å². The molecule has 1 amide bonds. The zero-order chi connectivity index (χ0) is 22.3. The molecule has 0 saturated carbocycles. The third-order valence-corrected chi connectivity index (χ3v) is 6.49. The van der Waals surface area contributed by atoms with E-state index in [2.05, 4.69) is 71.3 Å². The first-order valence-electron chi connectivity index (χ1n) is 10.2. The van der Waals surface area contributed by atoms with E-state index in [1.165, 1.54) is 11.3 Å². The van der Waals surface area contributed by atoms with Crippen LogP contribution in [0.4, 0.5) is 5.69 Å². The van der Waals surface area contributed by atoms with Crippen molar-refractivity contribution in [2.24, 2.45) is 5.10 Å². The first-order valence-corrected chi connectivity index (χ1v) is 11.0. The number of nitrogens with one attached hydrogen (secondary N) is 1. The van der Waals surface area contributed by atoms with Gasteiger partial charge in [0, 0.05) is 28.1 Å². The molecule has 0 unspecified atom stereocenters. The Morgan fingerprint density at radius 3 is 2.84 bits per heavy atom. The Hall–Kier alpha value is -2.80. The summed E-state index contributed by atoms with van der Waals surface area (Å²) in [6, 6.07) is 11.6. The van der Waals surface area contributed by atoms with Crippen molar-refractivity contribution in [3.63, 3.8) is 0 Å². The number of furan rings is 1. The largest absolute Gasteiger partial charge is 0.493 e. The lowest BCUT2D eigenvalue weighted by Crippen LogP contribution is -2.45. The predicted octanol–water partition coefficient (Wildman–Crippen LogP) is 5.69. The van der Waals surface area contributed by atoms with Gasteiger partial charge < -0.3 is 14.1 Å². The van der Waals surface area contributed by atoms with Crippen molar-refractivity contribution in [3.05, 3.63) is 57.8 Å². The molecule has 0 spiro atoms. The van der Waals surface area contributed by atoms with Crippen LogP contribution < -0.4 is 15.1 Å². The molecular weight excluding hydrogens is 458 g/mol. The van der Waals surface area contributed by atoms with Crippen molar-refractivity contribution in [3.8, 4) is 5.75 Å². The number of rotatable bonds is 4. The SMILES string of the molecule is COc1cc(Br)cc2cc(C(=O)N/N=C\c3ccc4c(c3)[C@H](C)CC(C)(C)N4C)oc12. The maximum atomic E-state index is 12.5. The monoisotopic (exact) mass is 483 g/mol. The number of hydrazone groups is 1. The number of halogens is 1. The number of carbonyl (C=O) groups excluding carboxylic acids is 1. The average Bonchev–Trinajstić information content (AvgIpc) is 3.15. The summed E-state index contributed by atoms with van der Waals surface area (Å²) in [6.45, 7) is 6.79. The van der Waals surface area contributed by atoms with Crippen molar-refractivity contribution < 1.29 is 13.9 Å². The van der Waals surface area contributed by atoms with Crippen LogP contribution in [0.2, 0.25) is 0 Å². The van der Waals surface area contributed by atoms with Gasteiger partial charge in [-0.05, 0) is 67.6 Å². The van der Waals surface area contributed by atoms with E-state index in [-0.39, 0.29) is 11.3 Å². The highest BCUT2D eigenvalue weighted by atomic mass is 79.9. The molecule has 0 aliphatic carbocycles. The second-order valence-corrected chi connectivity index (χ2v) is 9.55. The molecule has 3 aromatic rings. The number of hydrogen-bond acceptors (Lipinski definition) is 5. The van der Waals surface area contributed by atoms with Crippen molar-refractivity contribution in [2.75, 3.05) is 19.1 Å². The lowest BCUT2D eigenvalue weighted by molar-refractivity contribution is 0.0929. The van der Waals surface area contributed by atoms with Crippen molar-refractivity contribution >= 4 is 44.7 Å². The summed E-state index contributed by atoms with van der Waals surface area (Å²) in [5.41, 5.74) is 6.68. The molecular formula is C24H26BrN3O3. The molecule has 0 bridgehead atoms. The first-order chi connectivity index (χ1) is 14.7. The quantitative estimate of drug-likeness (QED) is 0.382. The molecule has 162 valence electrons. The molecule has 1 aromatic heterocycles. The van der Waals surface area contributed by atoms with Crippen LogP contribution in [0.25, 0.3) is 11.0 Å². The van der Waals surface area contributed by atoms with Crippen LogP contribution in [0.5, 0.6) is 5.75 Å². The summed E-state index contributed by atoms with van der Waals surface area (Å²) in [5.74, 6) is 0.766. The summed E-state index contributed by atoms with van der Waals surface area (Å²) in [5, 5.41) is 4.91. The minimum absolute atomic E-state index is 0.126. The van der Waals surface area contributed by atoms with E-state index < -0.39 is 5.91 Å². The number of fused-ring (bicyclic) bond motifs is 2. The second kappa shape index (κ2) is 8.04. The summed E-state index contributed by atoms with van der Waals surface area (Å²) in [6.07, 6.45) is 2.74. The standard InChI is InChI=1S/C24H26BrN3O3/c1-14-12-24(2,3)28(4)19-7-6-15(8-18(14)19)13-26-27-23(29)21-10-16-9-17(25)11-20(30-5)22(16)31-21/h6-11,13-14H,12H2,1-5H3,(H,27,29)/b26-13-/t14-/m1/s1. The Labute approximate surface area is 190 Å². The summed E-state index contributed by atoms with van der Waals surface area (Å²) < 4.78 is 11.9. The molecule has 6 nitrogen and oxygen atoms in total. The molecule has 1 atom stereocenters. The van der Waals surface area contributed by atoms with Gasteiger partial charge in [0.1, 0.15) is 0 Å². The van der Waals surface area contributed by atoms with Crippen LogP contribution >= 0.6 is 15.9 Å². The summed E-state index contributed by atoms with van der Waals surface area (Å²) >= 11 is 3.43.